The zero-order valence-corrected chi connectivity index (χ0v) is 15.9. The quantitative estimate of drug-likeness (QED) is 0.746. The van der Waals surface area contributed by atoms with Crippen molar-refractivity contribution in [3.8, 4) is 5.75 Å². The number of rotatable bonds is 7. The number of pyridine rings is 1. The molecule has 0 bridgehead atoms. The fourth-order valence-corrected chi connectivity index (χ4v) is 2.69. The maximum atomic E-state index is 12.5. The number of benzene rings is 1. The molecule has 0 fully saturated rings. The third-order valence-corrected chi connectivity index (χ3v) is 4.33. The number of hydrogen-bond donors (Lipinski definition) is 0. The van der Waals surface area contributed by atoms with Crippen molar-refractivity contribution in [3.05, 3.63) is 53.3 Å². The second-order valence-corrected chi connectivity index (χ2v) is 6.25. The van der Waals surface area contributed by atoms with E-state index in [1.54, 1.807) is 42.5 Å². The summed E-state index contributed by atoms with van der Waals surface area (Å²) in [5, 5.41) is 0.384. The third-order valence-electron chi connectivity index (χ3n) is 4.03. The van der Waals surface area contributed by atoms with Crippen LogP contribution in [0.25, 0.3) is 0 Å². The molecule has 1 aromatic heterocycles. The molecule has 2 amide bonds. The predicted molar refractivity (Wildman–Crippen MR) is 102 cm³/mol. The Bertz CT molecular complexity index is 768. The third kappa shape index (κ3) is 5.20. The first-order chi connectivity index (χ1) is 12.4. The number of halogens is 1. The lowest BCUT2D eigenvalue weighted by atomic mass is 10.2. The number of hydrogen-bond acceptors (Lipinski definition) is 4. The summed E-state index contributed by atoms with van der Waals surface area (Å²) in [7, 11) is 3.24. The SMILES string of the molecule is COc1ccc(N(CC(=O)N(C)CCc2ccncc2)C(C)=O)cc1Cl. The molecule has 0 spiro atoms. The molecule has 1 heterocycles. The Morgan fingerprint density at radius 1 is 1.19 bits per heavy atom. The predicted octanol–water partition coefficient (Wildman–Crippen LogP) is 2.80. The Morgan fingerprint density at radius 2 is 1.88 bits per heavy atom. The summed E-state index contributed by atoms with van der Waals surface area (Å²) in [5.41, 5.74) is 1.66. The van der Waals surface area contributed by atoms with Gasteiger partial charge in [-0.2, -0.15) is 0 Å². The molecule has 2 aromatic rings. The largest absolute Gasteiger partial charge is 0.495 e. The molecule has 0 atom stereocenters. The average molecular weight is 376 g/mol. The molecule has 138 valence electrons. The van der Waals surface area contributed by atoms with Gasteiger partial charge in [-0.05, 0) is 42.3 Å². The molecule has 6 nitrogen and oxygen atoms in total. The molecule has 0 aliphatic heterocycles. The number of aromatic nitrogens is 1. The van der Waals surface area contributed by atoms with Crippen LogP contribution in [0.15, 0.2) is 42.7 Å². The summed E-state index contributed by atoms with van der Waals surface area (Å²) in [6.07, 6.45) is 4.17. The average Bonchev–Trinajstić information content (AvgIpc) is 2.64. The van der Waals surface area contributed by atoms with E-state index in [0.717, 1.165) is 12.0 Å². The highest BCUT2D eigenvalue weighted by molar-refractivity contribution is 6.32. The van der Waals surface area contributed by atoms with Gasteiger partial charge in [-0.25, -0.2) is 0 Å². The normalized spacial score (nSPS) is 10.3. The second kappa shape index (κ2) is 9.20. The highest BCUT2D eigenvalue weighted by Crippen LogP contribution is 2.29. The van der Waals surface area contributed by atoms with Gasteiger partial charge in [0.1, 0.15) is 12.3 Å². The van der Waals surface area contributed by atoms with Gasteiger partial charge in [0.2, 0.25) is 11.8 Å². The first-order valence-electron chi connectivity index (χ1n) is 8.17. The number of likely N-dealkylation sites (N-methyl/N-ethyl adjacent to an activating group) is 1. The molecule has 0 saturated heterocycles. The van der Waals surface area contributed by atoms with Crippen molar-refractivity contribution in [2.75, 3.05) is 32.1 Å². The van der Waals surface area contributed by atoms with E-state index in [4.69, 9.17) is 16.3 Å². The van der Waals surface area contributed by atoms with Crippen LogP contribution < -0.4 is 9.64 Å². The van der Waals surface area contributed by atoms with Crippen LogP contribution in [0.5, 0.6) is 5.75 Å². The van der Waals surface area contributed by atoms with Crippen LogP contribution in [0.4, 0.5) is 5.69 Å². The number of ether oxygens (including phenoxy) is 1. The van der Waals surface area contributed by atoms with E-state index in [1.807, 2.05) is 12.1 Å². The lowest BCUT2D eigenvalue weighted by Gasteiger charge is -2.25. The maximum absolute atomic E-state index is 12.5. The highest BCUT2D eigenvalue weighted by atomic mass is 35.5. The Balaban J connectivity index is 2.03. The molecule has 0 aliphatic rings. The topological polar surface area (TPSA) is 62.7 Å². The van der Waals surface area contributed by atoms with Gasteiger partial charge in [0.15, 0.2) is 0 Å². The summed E-state index contributed by atoms with van der Waals surface area (Å²) in [5.74, 6) is 0.128. The first-order valence-corrected chi connectivity index (χ1v) is 8.54. The van der Waals surface area contributed by atoms with Crippen molar-refractivity contribution in [2.45, 2.75) is 13.3 Å². The van der Waals surface area contributed by atoms with E-state index < -0.39 is 0 Å². The van der Waals surface area contributed by atoms with Gasteiger partial charge in [0.25, 0.3) is 0 Å². The van der Waals surface area contributed by atoms with Crippen LogP contribution in [0.2, 0.25) is 5.02 Å². The molecular weight excluding hydrogens is 354 g/mol. The van der Waals surface area contributed by atoms with Gasteiger partial charge in [-0.3, -0.25) is 14.6 Å². The lowest BCUT2D eigenvalue weighted by Crippen LogP contribution is -2.41. The Labute approximate surface area is 158 Å². The van der Waals surface area contributed by atoms with E-state index in [2.05, 4.69) is 4.98 Å². The molecule has 26 heavy (non-hydrogen) atoms. The molecule has 7 heteroatoms. The Kier molecular flexibility index (Phi) is 6.97. The summed E-state index contributed by atoms with van der Waals surface area (Å²) in [6.45, 7) is 1.92. The van der Waals surface area contributed by atoms with Gasteiger partial charge in [-0.15, -0.1) is 0 Å². The fraction of sp³-hybridized carbons (Fsp3) is 0.316. The van der Waals surface area contributed by atoms with Gasteiger partial charge in [0, 0.05) is 38.6 Å². The summed E-state index contributed by atoms with van der Waals surface area (Å²) >= 11 is 6.13. The molecule has 2 rings (SSSR count). The van der Waals surface area contributed by atoms with Crippen molar-refractivity contribution < 1.29 is 14.3 Å². The van der Waals surface area contributed by atoms with Crippen molar-refractivity contribution in [3.63, 3.8) is 0 Å². The van der Waals surface area contributed by atoms with E-state index in [1.165, 1.54) is 18.9 Å². The van der Waals surface area contributed by atoms with Gasteiger partial charge in [0.05, 0.1) is 12.1 Å². The zero-order valence-electron chi connectivity index (χ0n) is 15.1. The monoisotopic (exact) mass is 375 g/mol. The molecule has 0 aliphatic carbocycles. The highest BCUT2D eigenvalue weighted by Gasteiger charge is 2.19. The molecule has 0 N–H and O–H groups in total. The van der Waals surface area contributed by atoms with E-state index in [-0.39, 0.29) is 18.4 Å². The van der Waals surface area contributed by atoms with E-state index in [9.17, 15) is 9.59 Å². The van der Waals surface area contributed by atoms with Crippen molar-refractivity contribution >= 4 is 29.1 Å². The standard InChI is InChI=1S/C19H22ClN3O3/c1-14(24)23(16-4-5-18(26-3)17(20)12-16)13-19(25)22(2)11-8-15-6-9-21-10-7-15/h4-7,9-10,12H,8,11,13H2,1-3H3. The number of methoxy groups -OCH3 is 1. The minimum atomic E-state index is -0.234. The molecule has 0 unspecified atom stereocenters. The van der Waals surface area contributed by atoms with Crippen LogP contribution >= 0.6 is 11.6 Å². The Hall–Kier alpha value is -2.60. The minimum absolute atomic E-state index is 0.0508. The van der Waals surface area contributed by atoms with Crippen LogP contribution in [0, 0.1) is 0 Å². The number of amides is 2. The lowest BCUT2D eigenvalue weighted by molar-refractivity contribution is -0.130. The number of anilines is 1. The summed E-state index contributed by atoms with van der Waals surface area (Å²) in [4.78, 5) is 31.5. The molecule has 1 aromatic carbocycles. The summed E-state index contributed by atoms with van der Waals surface area (Å²) in [6, 6.07) is 8.83. The van der Waals surface area contributed by atoms with Crippen LogP contribution in [-0.4, -0.2) is 48.9 Å². The van der Waals surface area contributed by atoms with E-state index in [0.29, 0.717) is 23.0 Å². The van der Waals surface area contributed by atoms with Crippen LogP contribution in [0.1, 0.15) is 12.5 Å². The number of nitrogens with zero attached hydrogens (tertiary/aromatic N) is 3. The number of carbonyl (C=O) groups excluding carboxylic acids is 2. The van der Waals surface area contributed by atoms with Crippen LogP contribution in [-0.2, 0) is 16.0 Å². The molecule has 0 radical (unpaired) electrons. The fourth-order valence-electron chi connectivity index (χ4n) is 2.43. The van der Waals surface area contributed by atoms with Crippen molar-refractivity contribution in [1.82, 2.24) is 9.88 Å². The summed E-state index contributed by atoms with van der Waals surface area (Å²) < 4.78 is 5.12. The zero-order chi connectivity index (χ0) is 19.1. The minimum Gasteiger partial charge on any atom is -0.495 e. The van der Waals surface area contributed by atoms with Crippen LogP contribution in [0.3, 0.4) is 0 Å². The first kappa shape index (κ1) is 19.7. The van der Waals surface area contributed by atoms with E-state index >= 15 is 0 Å². The number of carbonyl (C=O) groups is 2. The van der Waals surface area contributed by atoms with Crippen molar-refractivity contribution in [2.24, 2.45) is 0 Å². The maximum Gasteiger partial charge on any atom is 0.242 e. The smallest absolute Gasteiger partial charge is 0.242 e. The Morgan fingerprint density at radius 3 is 2.46 bits per heavy atom. The molecule has 0 saturated carbocycles. The van der Waals surface area contributed by atoms with Gasteiger partial charge < -0.3 is 14.5 Å². The van der Waals surface area contributed by atoms with Gasteiger partial charge >= 0.3 is 0 Å². The van der Waals surface area contributed by atoms with Crippen molar-refractivity contribution in [1.29, 1.82) is 0 Å². The second-order valence-electron chi connectivity index (χ2n) is 5.84. The van der Waals surface area contributed by atoms with Gasteiger partial charge in [-0.1, -0.05) is 11.6 Å². The molecular formula is C19H22ClN3O3.